The van der Waals surface area contributed by atoms with Crippen LogP contribution < -0.4 is 0 Å². The first-order chi connectivity index (χ1) is 10.2. The van der Waals surface area contributed by atoms with E-state index in [0.717, 1.165) is 3.97 Å². The van der Waals surface area contributed by atoms with E-state index in [2.05, 4.69) is 10.1 Å². The summed E-state index contributed by atoms with van der Waals surface area (Å²) in [5.74, 6) is 0.179. The average molecular weight is 325 g/mol. The molecule has 1 aromatic carbocycles. The second-order valence-corrected chi connectivity index (χ2v) is 5.15. The molecule has 0 aliphatic heterocycles. The second-order valence-electron chi connectivity index (χ2n) is 4.21. The van der Waals surface area contributed by atoms with Gasteiger partial charge in [0.25, 0.3) is 0 Å². The number of rotatable bonds is 4. The fourth-order valence-electron chi connectivity index (χ4n) is 2.09. The lowest BCUT2D eigenvalue weighted by atomic mass is 10.1. The molecule has 3 aromatic rings. The lowest BCUT2D eigenvalue weighted by molar-refractivity contribution is 0.209. The van der Waals surface area contributed by atoms with E-state index in [0.29, 0.717) is 16.3 Å². The van der Waals surface area contributed by atoms with Crippen LogP contribution in [0.2, 0.25) is 5.02 Å². The van der Waals surface area contributed by atoms with Crippen molar-refractivity contribution < 1.29 is 8.99 Å². The zero-order valence-corrected chi connectivity index (χ0v) is 12.2. The Morgan fingerprint density at radius 2 is 2.10 bits per heavy atom. The summed E-state index contributed by atoms with van der Waals surface area (Å²) in [5, 5.41) is 15.1. The normalized spacial score (nSPS) is 12.5. The van der Waals surface area contributed by atoms with Crippen molar-refractivity contribution in [3.8, 4) is 5.69 Å². The number of nitrogens with zero attached hydrogens (tertiary/aromatic N) is 4. The molecule has 0 fully saturated rings. The second kappa shape index (κ2) is 5.88. The zero-order chi connectivity index (χ0) is 14.8. The van der Waals surface area contributed by atoms with Crippen molar-refractivity contribution in [1.82, 2.24) is 18.7 Å². The smallest absolute Gasteiger partial charge is 0.170 e. The lowest BCUT2D eigenvalue weighted by Gasteiger charge is -2.16. The molecule has 5 nitrogen and oxygen atoms in total. The van der Waals surface area contributed by atoms with Crippen LogP contribution in [0.4, 0.5) is 3.89 Å². The Hall–Kier alpha value is -1.83. The number of aliphatic hydroxyl groups excluding tert-OH is 1. The summed E-state index contributed by atoms with van der Waals surface area (Å²) in [6, 6.07) is 6.86. The van der Waals surface area contributed by atoms with E-state index in [9.17, 15) is 8.99 Å². The molecule has 1 unspecified atom stereocenters. The van der Waals surface area contributed by atoms with Crippen LogP contribution in [0.15, 0.2) is 49.1 Å². The number of aromatic nitrogens is 4. The highest BCUT2D eigenvalue weighted by Crippen LogP contribution is 2.32. The molecule has 1 N–H and O–H groups in total. The van der Waals surface area contributed by atoms with E-state index in [4.69, 9.17) is 11.6 Å². The first kappa shape index (κ1) is 14.1. The Morgan fingerprint density at radius 1 is 1.24 bits per heavy atom. The van der Waals surface area contributed by atoms with Gasteiger partial charge in [-0.1, -0.05) is 23.7 Å². The van der Waals surface area contributed by atoms with Crippen molar-refractivity contribution in [2.75, 3.05) is 0 Å². The third-order valence-electron chi connectivity index (χ3n) is 3.00. The molecule has 1 atom stereocenters. The van der Waals surface area contributed by atoms with Crippen molar-refractivity contribution in [2.24, 2.45) is 0 Å². The van der Waals surface area contributed by atoms with Crippen LogP contribution in [-0.4, -0.2) is 23.8 Å². The summed E-state index contributed by atoms with van der Waals surface area (Å²) in [6.07, 6.45) is 5.05. The molecule has 0 spiro atoms. The Bertz CT molecular complexity index is 746. The van der Waals surface area contributed by atoms with E-state index in [1.165, 1.54) is 12.4 Å². The average Bonchev–Trinajstić information content (AvgIpc) is 3.17. The maximum absolute atomic E-state index is 12.8. The predicted octanol–water partition coefficient (Wildman–Crippen LogP) is 3.18. The molecule has 2 aromatic heterocycles. The highest BCUT2D eigenvalue weighted by molar-refractivity contribution is 7.92. The molecule has 0 amide bonds. The summed E-state index contributed by atoms with van der Waals surface area (Å²) >= 11 is 6.19. The fourth-order valence-corrected chi connectivity index (χ4v) is 2.67. The first-order valence-corrected chi connectivity index (χ1v) is 7.06. The van der Waals surface area contributed by atoms with Gasteiger partial charge in [0.1, 0.15) is 6.10 Å². The number of para-hydroxylation sites is 1. The summed E-state index contributed by atoms with van der Waals surface area (Å²) in [4.78, 5) is 3.99. The van der Waals surface area contributed by atoms with Crippen molar-refractivity contribution in [3.05, 3.63) is 65.5 Å². The van der Waals surface area contributed by atoms with E-state index in [-0.39, 0.29) is 18.2 Å². The number of halogens is 2. The van der Waals surface area contributed by atoms with Gasteiger partial charge in [0, 0.05) is 30.4 Å². The van der Waals surface area contributed by atoms with Crippen LogP contribution in [0, 0.1) is 0 Å². The van der Waals surface area contributed by atoms with Crippen molar-refractivity contribution >= 4 is 23.9 Å². The molecule has 21 heavy (non-hydrogen) atoms. The standard InChI is InChI=1S/C13H10ClFN4OS/c14-10-4-1-3-9(11(10)18-7-2-5-17-18)12(20)13-16-6-8-19(13)21-15/h1-8,12,20H. The van der Waals surface area contributed by atoms with Gasteiger partial charge in [0.05, 0.1) is 10.7 Å². The highest BCUT2D eigenvalue weighted by atomic mass is 35.5. The van der Waals surface area contributed by atoms with Gasteiger partial charge >= 0.3 is 0 Å². The minimum Gasteiger partial charge on any atom is -0.380 e. The highest BCUT2D eigenvalue weighted by Gasteiger charge is 2.22. The number of imidazole rings is 1. The van der Waals surface area contributed by atoms with Crippen LogP contribution in [0.5, 0.6) is 0 Å². The van der Waals surface area contributed by atoms with Gasteiger partial charge in [-0.15, -0.1) is 3.89 Å². The Morgan fingerprint density at radius 3 is 2.81 bits per heavy atom. The largest absolute Gasteiger partial charge is 0.380 e. The zero-order valence-electron chi connectivity index (χ0n) is 10.6. The summed E-state index contributed by atoms with van der Waals surface area (Å²) in [7, 11) is 0. The quantitative estimate of drug-likeness (QED) is 0.801. The molecule has 0 aliphatic carbocycles. The molecular weight excluding hydrogens is 315 g/mol. The minimum absolute atomic E-state index is 0.0286. The molecule has 2 heterocycles. The molecule has 0 bridgehead atoms. The maximum Gasteiger partial charge on any atom is 0.170 e. The van der Waals surface area contributed by atoms with Crippen LogP contribution in [0.25, 0.3) is 5.69 Å². The van der Waals surface area contributed by atoms with E-state index >= 15 is 0 Å². The predicted molar refractivity (Wildman–Crippen MR) is 79.0 cm³/mol. The summed E-state index contributed by atoms with van der Waals surface area (Å²) in [5.41, 5.74) is 1.03. The third kappa shape index (κ3) is 2.55. The molecular formula is C13H10ClFN4OS. The van der Waals surface area contributed by atoms with Crippen LogP contribution >= 0.6 is 23.9 Å². The van der Waals surface area contributed by atoms with E-state index in [1.54, 1.807) is 41.3 Å². The minimum atomic E-state index is -1.12. The first-order valence-electron chi connectivity index (χ1n) is 6.01. The van der Waals surface area contributed by atoms with Gasteiger partial charge in [-0.3, -0.25) is 0 Å². The molecule has 3 rings (SSSR count). The van der Waals surface area contributed by atoms with Gasteiger partial charge in [0.15, 0.2) is 18.2 Å². The van der Waals surface area contributed by atoms with Crippen LogP contribution in [0.1, 0.15) is 17.5 Å². The fraction of sp³-hybridized carbons (Fsp3) is 0.0769. The van der Waals surface area contributed by atoms with Crippen LogP contribution in [-0.2, 0) is 0 Å². The molecule has 0 saturated heterocycles. The number of hydrogen-bond donors (Lipinski definition) is 1. The van der Waals surface area contributed by atoms with Crippen molar-refractivity contribution in [2.45, 2.75) is 6.10 Å². The van der Waals surface area contributed by atoms with E-state index < -0.39 is 6.10 Å². The summed E-state index contributed by atoms with van der Waals surface area (Å²) < 4.78 is 15.5. The maximum atomic E-state index is 12.8. The van der Waals surface area contributed by atoms with E-state index in [1.807, 2.05) is 0 Å². The summed E-state index contributed by atoms with van der Waals surface area (Å²) in [6.45, 7) is 0. The molecule has 0 saturated carbocycles. The van der Waals surface area contributed by atoms with Gasteiger partial charge in [-0.2, -0.15) is 5.10 Å². The Balaban J connectivity index is 2.13. The Kier molecular flexibility index (Phi) is 3.96. The number of hydrogen-bond acceptors (Lipinski definition) is 4. The third-order valence-corrected chi connectivity index (χ3v) is 3.76. The van der Waals surface area contributed by atoms with Crippen LogP contribution in [0.3, 0.4) is 0 Å². The molecule has 108 valence electrons. The van der Waals surface area contributed by atoms with Gasteiger partial charge in [-0.05, 0) is 12.1 Å². The number of aliphatic hydroxyl groups is 1. The SMILES string of the molecule is OC(c1cccc(Cl)c1-n1cccn1)c1nccn1SF. The lowest BCUT2D eigenvalue weighted by Crippen LogP contribution is -2.10. The van der Waals surface area contributed by atoms with Crippen molar-refractivity contribution in [3.63, 3.8) is 0 Å². The monoisotopic (exact) mass is 324 g/mol. The van der Waals surface area contributed by atoms with Gasteiger partial charge in [-0.25, -0.2) is 13.6 Å². The molecule has 8 heteroatoms. The molecule has 0 aliphatic rings. The van der Waals surface area contributed by atoms with Gasteiger partial charge in [0.2, 0.25) is 0 Å². The van der Waals surface area contributed by atoms with Crippen molar-refractivity contribution in [1.29, 1.82) is 0 Å². The van der Waals surface area contributed by atoms with Gasteiger partial charge < -0.3 is 5.11 Å². The topological polar surface area (TPSA) is 55.9 Å². The Labute approximate surface area is 129 Å². The number of benzene rings is 1. The molecule has 0 radical (unpaired) electrons.